The van der Waals surface area contributed by atoms with E-state index in [1.54, 1.807) is 14.0 Å². The van der Waals surface area contributed by atoms with Crippen LogP contribution in [0.5, 0.6) is 5.75 Å². The molecule has 0 aliphatic rings. The van der Waals surface area contributed by atoms with E-state index in [-0.39, 0.29) is 0 Å². The fourth-order valence-corrected chi connectivity index (χ4v) is 2.96. The second-order valence-electron chi connectivity index (χ2n) is 5.97. The van der Waals surface area contributed by atoms with Gasteiger partial charge in [0.15, 0.2) is 11.4 Å². The van der Waals surface area contributed by atoms with Crippen molar-refractivity contribution >= 4 is 29.2 Å². The van der Waals surface area contributed by atoms with Gasteiger partial charge >= 0.3 is 6.09 Å². The van der Waals surface area contributed by atoms with Gasteiger partial charge in [0, 0.05) is 18.3 Å². The van der Waals surface area contributed by atoms with Crippen LogP contribution in [0.2, 0.25) is 5.02 Å². The number of carbonyl (C=O) groups excluding carboxylic acids is 1. The van der Waals surface area contributed by atoms with Crippen LogP contribution in [-0.4, -0.2) is 29.1 Å². The smallest absolute Gasteiger partial charge is 0.415 e. The number of aromatic nitrogens is 2. The van der Waals surface area contributed by atoms with E-state index in [1.807, 2.05) is 53.9 Å². The number of aryl methyl sites for hydroxylation is 1. The zero-order valence-electron chi connectivity index (χ0n) is 15.6. The van der Waals surface area contributed by atoms with Crippen molar-refractivity contribution in [1.29, 1.82) is 0 Å². The molecule has 0 spiro atoms. The molecule has 6 nitrogen and oxygen atoms in total. The first kappa shape index (κ1) is 19.0. The number of benzene rings is 1. The van der Waals surface area contributed by atoms with E-state index >= 15 is 0 Å². The van der Waals surface area contributed by atoms with Crippen molar-refractivity contribution in [3.63, 3.8) is 0 Å². The lowest BCUT2D eigenvalue weighted by Crippen LogP contribution is -2.29. The Bertz CT molecular complexity index is 938. The molecule has 0 bridgehead atoms. The fraction of sp³-hybridized carbons (Fsp3) is 0.300. The maximum Gasteiger partial charge on any atom is 0.415 e. The largest absolute Gasteiger partial charge is 0.485 e. The topological polar surface area (TPSA) is 56.1 Å². The van der Waals surface area contributed by atoms with E-state index < -0.39 is 6.09 Å². The highest BCUT2D eigenvalue weighted by Gasteiger charge is 2.22. The number of hydrogen-bond acceptors (Lipinski definition) is 4. The molecule has 0 saturated carbocycles. The van der Waals surface area contributed by atoms with Crippen LogP contribution in [0.25, 0.3) is 5.65 Å². The molecule has 0 N–H and O–H groups in total. The molecule has 1 aromatic carbocycles. The number of amides is 1. The van der Waals surface area contributed by atoms with Gasteiger partial charge in [-0.1, -0.05) is 30.7 Å². The molecule has 0 aliphatic heterocycles. The van der Waals surface area contributed by atoms with Crippen molar-refractivity contribution in [2.24, 2.45) is 0 Å². The lowest BCUT2D eigenvalue weighted by molar-refractivity contribution is 0.161. The highest BCUT2D eigenvalue weighted by atomic mass is 35.5. The van der Waals surface area contributed by atoms with Crippen molar-refractivity contribution in [3.05, 3.63) is 58.9 Å². The molecule has 0 fully saturated rings. The minimum absolute atomic E-state index is 0.316. The first-order chi connectivity index (χ1) is 13.0. The van der Waals surface area contributed by atoms with Gasteiger partial charge in [0.1, 0.15) is 12.4 Å². The van der Waals surface area contributed by atoms with Gasteiger partial charge in [-0.2, -0.15) is 0 Å². The Morgan fingerprint density at radius 2 is 1.96 bits per heavy atom. The number of carbonyl (C=O) groups is 1. The van der Waals surface area contributed by atoms with Crippen molar-refractivity contribution in [3.8, 4) is 5.75 Å². The van der Waals surface area contributed by atoms with Gasteiger partial charge in [-0.15, -0.1) is 0 Å². The van der Waals surface area contributed by atoms with Crippen LogP contribution in [-0.2, 0) is 17.8 Å². The summed E-state index contributed by atoms with van der Waals surface area (Å²) < 4.78 is 13.0. The van der Waals surface area contributed by atoms with E-state index in [2.05, 4.69) is 4.98 Å². The lowest BCUT2D eigenvalue weighted by Gasteiger charge is -2.17. The molecule has 3 aromatic rings. The second kappa shape index (κ2) is 8.31. The first-order valence-electron chi connectivity index (χ1n) is 8.82. The Balaban J connectivity index is 1.94. The summed E-state index contributed by atoms with van der Waals surface area (Å²) in [6.45, 7) is 4.49. The zero-order valence-corrected chi connectivity index (χ0v) is 16.4. The van der Waals surface area contributed by atoms with Gasteiger partial charge in [0.05, 0.1) is 12.3 Å². The quantitative estimate of drug-likeness (QED) is 0.614. The number of ether oxygens (including phenoxy) is 2. The summed E-state index contributed by atoms with van der Waals surface area (Å²) >= 11 is 5.92. The summed E-state index contributed by atoms with van der Waals surface area (Å²) in [5.74, 6) is 1.33. The monoisotopic (exact) mass is 387 g/mol. The van der Waals surface area contributed by atoms with Gasteiger partial charge < -0.3 is 9.47 Å². The molecular weight excluding hydrogens is 366 g/mol. The van der Waals surface area contributed by atoms with Crippen LogP contribution < -0.4 is 9.64 Å². The van der Waals surface area contributed by atoms with Crippen molar-refractivity contribution in [2.75, 3.05) is 18.6 Å². The number of pyridine rings is 1. The molecule has 0 saturated heterocycles. The molecule has 0 aliphatic carbocycles. The van der Waals surface area contributed by atoms with Gasteiger partial charge in [0.25, 0.3) is 0 Å². The molecule has 1 amide bonds. The van der Waals surface area contributed by atoms with Crippen LogP contribution in [0.1, 0.15) is 25.1 Å². The van der Waals surface area contributed by atoms with Gasteiger partial charge in [-0.3, -0.25) is 9.30 Å². The zero-order chi connectivity index (χ0) is 19.4. The van der Waals surface area contributed by atoms with E-state index in [4.69, 9.17) is 21.1 Å². The molecule has 0 unspecified atom stereocenters. The third kappa shape index (κ3) is 4.01. The highest BCUT2D eigenvalue weighted by molar-refractivity contribution is 6.30. The summed E-state index contributed by atoms with van der Waals surface area (Å²) in [5.41, 5.74) is 2.47. The molecule has 0 radical (unpaired) electrons. The van der Waals surface area contributed by atoms with Gasteiger partial charge in [-0.05, 0) is 43.2 Å². The Morgan fingerprint density at radius 3 is 2.63 bits per heavy atom. The van der Waals surface area contributed by atoms with Crippen molar-refractivity contribution < 1.29 is 14.3 Å². The van der Waals surface area contributed by atoms with Gasteiger partial charge in [0.2, 0.25) is 0 Å². The Kier molecular flexibility index (Phi) is 5.86. The van der Waals surface area contributed by atoms with E-state index in [1.165, 1.54) is 4.90 Å². The summed E-state index contributed by atoms with van der Waals surface area (Å²) in [6.07, 6.45) is 2.13. The summed E-state index contributed by atoms with van der Waals surface area (Å²) in [4.78, 5) is 18.4. The van der Waals surface area contributed by atoms with Crippen molar-refractivity contribution in [2.45, 2.75) is 26.9 Å². The maximum atomic E-state index is 12.2. The third-order valence-corrected chi connectivity index (χ3v) is 4.41. The average Bonchev–Trinajstić information content (AvgIpc) is 3.06. The number of hydrogen-bond donors (Lipinski definition) is 0. The average molecular weight is 388 g/mol. The molecule has 3 rings (SSSR count). The standard InChI is InChI=1S/C20H22ClN3O3/c1-4-16-19(23(3)20(25)26-5-2)24-12-6-7-17(18(24)22-16)27-13-14-8-10-15(21)11-9-14/h6-12H,4-5,13H2,1-3H3. The number of rotatable bonds is 6. The minimum Gasteiger partial charge on any atom is -0.485 e. The molecule has 0 atom stereocenters. The summed E-state index contributed by atoms with van der Waals surface area (Å²) in [5, 5.41) is 0.688. The van der Waals surface area contributed by atoms with Crippen LogP contribution >= 0.6 is 11.6 Å². The predicted molar refractivity (Wildman–Crippen MR) is 106 cm³/mol. The molecule has 2 aromatic heterocycles. The third-order valence-electron chi connectivity index (χ3n) is 4.16. The minimum atomic E-state index is -0.415. The predicted octanol–water partition coefficient (Wildman–Crippen LogP) is 4.72. The first-order valence-corrected chi connectivity index (χ1v) is 9.20. The Hall–Kier alpha value is -2.73. The van der Waals surface area contributed by atoms with Crippen LogP contribution in [0.3, 0.4) is 0 Å². The van der Waals surface area contributed by atoms with Crippen LogP contribution in [0.4, 0.5) is 10.6 Å². The fourth-order valence-electron chi connectivity index (χ4n) is 2.83. The molecular formula is C20H22ClN3O3. The number of imidazole rings is 1. The van der Waals surface area contributed by atoms with E-state index in [0.29, 0.717) is 41.9 Å². The maximum absolute atomic E-state index is 12.2. The molecule has 142 valence electrons. The number of fused-ring (bicyclic) bond motifs is 1. The Morgan fingerprint density at radius 1 is 1.22 bits per heavy atom. The number of anilines is 1. The van der Waals surface area contributed by atoms with Crippen LogP contribution in [0, 0.1) is 0 Å². The summed E-state index contributed by atoms with van der Waals surface area (Å²) in [7, 11) is 1.68. The normalized spacial score (nSPS) is 10.8. The van der Waals surface area contributed by atoms with E-state index in [9.17, 15) is 4.79 Å². The molecule has 7 heteroatoms. The number of nitrogens with zero attached hydrogens (tertiary/aromatic N) is 3. The number of halogens is 1. The highest BCUT2D eigenvalue weighted by Crippen LogP contribution is 2.29. The second-order valence-corrected chi connectivity index (χ2v) is 6.41. The lowest BCUT2D eigenvalue weighted by atomic mass is 10.2. The van der Waals surface area contributed by atoms with Crippen molar-refractivity contribution in [1.82, 2.24) is 9.38 Å². The molecule has 2 heterocycles. The molecule has 27 heavy (non-hydrogen) atoms. The SMILES string of the molecule is CCOC(=O)N(C)c1c(CC)nc2c(OCc3ccc(Cl)cc3)cccn12. The summed E-state index contributed by atoms with van der Waals surface area (Å²) in [6, 6.07) is 11.2. The van der Waals surface area contributed by atoms with E-state index in [0.717, 1.165) is 11.3 Å². The van der Waals surface area contributed by atoms with Crippen LogP contribution in [0.15, 0.2) is 42.6 Å². The van der Waals surface area contributed by atoms with Gasteiger partial charge in [-0.25, -0.2) is 9.78 Å². The Labute approximate surface area is 163 Å².